The molecule has 5 rings (SSSR count). The van der Waals surface area contributed by atoms with Crippen molar-refractivity contribution in [3.05, 3.63) is 142 Å². The molecule has 0 N–H and O–H groups in total. The molecule has 1 aromatic heterocycles. The first-order chi connectivity index (χ1) is 19.4. The molecule has 4 aromatic carbocycles. The molecule has 200 valence electrons. The first kappa shape index (κ1) is 26.6. The third-order valence-electron chi connectivity index (χ3n) is 6.91. The number of hydrogen-bond donors (Lipinski definition) is 0. The molecule has 0 unspecified atom stereocenters. The topological polar surface area (TPSA) is 70.8 Å². The van der Waals surface area contributed by atoms with Gasteiger partial charge >= 0.3 is 0 Å². The fourth-order valence-electron chi connectivity index (χ4n) is 4.86. The maximum atomic E-state index is 13.8. The molecule has 0 saturated carbocycles. The van der Waals surface area contributed by atoms with Gasteiger partial charge in [0.25, 0.3) is 5.91 Å². The molecular weight excluding hydrogens is 500 g/mol. The van der Waals surface area contributed by atoms with E-state index in [1.165, 1.54) is 11.2 Å². The Hall–Kier alpha value is -4.97. The van der Waals surface area contributed by atoms with Gasteiger partial charge in [-0.25, -0.2) is 0 Å². The maximum Gasteiger partial charge on any atom is 0.255 e. The number of amides is 2. The SMILES string of the molecule is C=CCN(CC(=O)N(Cc1ccccc1)Cc1coc2ccc(C)cc2c1=O)C(=O)c1cccc2ccccc12. The zero-order chi connectivity index (χ0) is 28.1. The molecule has 0 aliphatic carbocycles. The van der Waals surface area contributed by atoms with Crippen molar-refractivity contribution in [1.82, 2.24) is 9.80 Å². The van der Waals surface area contributed by atoms with E-state index < -0.39 is 0 Å². The number of hydrogen-bond acceptors (Lipinski definition) is 4. The molecule has 1 heterocycles. The predicted octanol–water partition coefficient (Wildman–Crippen LogP) is 6.11. The molecule has 40 heavy (non-hydrogen) atoms. The minimum atomic E-state index is -0.289. The molecule has 0 saturated heterocycles. The van der Waals surface area contributed by atoms with Crippen LogP contribution in [0.2, 0.25) is 0 Å². The summed E-state index contributed by atoms with van der Waals surface area (Å²) in [5.74, 6) is -0.548. The Bertz CT molecular complexity index is 1750. The zero-order valence-electron chi connectivity index (χ0n) is 22.4. The summed E-state index contributed by atoms with van der Waals surface area (Å²) in [5.41, 5.74) is 3.07. The maximum absolute atomic E-state index is 13.8. The highest BCUT2D eigenvalue weighted by Crippen LogP contribution is 2.21. The van der Waals surface area contributed by atoms with Gasteiger partial charge in [-0.3, -0.25) is 14.4 Å². The summed E-state index contributed by atoms with van der Waals surface area (Å²) in [7, 11) is 0. The van der Waals surface area contributed by atoms with Crippen LogP contribution in [0.5, 0.6) is 0 Å². The van der Waals surface area contributed by atoms with E-state index in [4.69, 9.17) is 4.42 Å². The lowest BCUT2D eigenvalue weighted by Gasteiger charge is -2.27. The van der Waals surface area contributed by atoms with Crippen LogP contribution < -0.4 is 5.43 Å². The smallest absolute Gasteiger partial charge is 0.255 e. The van der Waals surface area contributed by atoms with Crippen LogP contribution in [0.25, 0.3) is 21.7 Å². The quantitative estimate of drug-likeness (QED) is 0.216. The van der Waals surface area contributed by atoms with Crippen molar-refractivity contribution in [3.63, 3.8) is 0 Å². The molecule has 2 amide bonds. The van der Waals surface area contributed by atoms with Gasteiger partial charge in [0.2, 0.25) is 5.91 Å². The van der Waals surface area contributed by atoms with E-state index in [1.54, 1.807) is 29.2 Å². The van der Waals surface area contributed by atoms with E-state index in [9.17, 15) is 14.4 Å². The van der Waals surface area contributed by atoms with Gasteiger partial charge in [0.05, 0.1) is 23.8 Å². The molecule has 0 bridgehead atoms. The summed E-state index contributed by atoms with van der Waals surface area (Å²) < 4.78 is 5.75. The van der Waals surface area contributed by atoms with E-state index in [-0.39, 0.29) is 43.4 Å². The first-order valence-corrected chi connectivity index (χ1v) is 13.2. The third-order valence-corrected chi connectivity index (χ3v) is 6.91. The Morgan fingerprint density at radius 2 is 1.60 bits per heavy atom. The fourth-order valence-corrected chi connectivity index (χ4v) is 4.86. The van der Waals surface area contributed by atoms with E-state index in [0.717, 1.165) is 21.9 Å². The summed E-state index contributed by atoms with van der Waals surface area (Å²) >= 11 is 0. The molecule has 0 aliphatic heterocycles. The Morgan fingerprint density at radius 1 is 0.850 bits per heavy atom. The van der Waals surface area contributed by atoms with Crippen LogP contribution in [0.4, 0.5) is 0 Å². The van der Waals surface area contributed by atoms with Crippen molar-refractivity contribution in [2.75, 3.05) is 13.1 Å². The van der Waals surface area contributed by atoms with Gasteiger partial charge in [-0.1, -0.05) is 84.4 Å². The van der Waals surface area contributed by atoms with Crippen molar-refractivity contribution in [1.29, 1.82) is 0 Å². The third kappa shape index (κ3) is 5.71. The standard InChI is InChI=1S/C34H30N2O4/c1-3-18-35(34(39)29-15-9-13-26-12-7-8-14-28(26)29)22-32(37)36(20-25-10-5-4-6-11-25)21-27-23-40-31-17-16-24(2)19-30(31)33(27)38/h3-17,19,23H,1,18,20-22H2,2H3. The molecule has 0 aliphatic rings. The van der Waals surface area contributed by atoms with E-state index in [2.05, 4.69) is 6.58 Å². The average molecular weight is 531 g/mol. The fraction of sp³-hybridized carbons (Fsp3) is 0.147. The predicted molar refractivity (Wildman–Crippen MR) is 158 cm³/mol. The Balaban J connectivity index is 1.46. The van der Waals surface area contributed by atoms with Gasteiger partial charge in [-0.2, -0.15) is 0 Å². The van der Waals surface area contributed by atoms with Gasteiger partial charge < -0.3 is 14.2 Å². The molecular formula is C34H30N2O4. The average Bonchev–Trinajstić information content (AvgIpc) is 2.98. The number of fused-ring (bicyclic) bond motifs is 2. The normalized spacial score (nSPS) is 10.9. The number of nitrogens with zero attached hydrogens (tertiary/aromatic N) is 2. The lowest BCUT2D eigenvalue weighted by molar-refractivity contribution is -0.133. The first-order valence-electron chi connectivity index (χ1n) is 13.2. The lowest BCUT2D eigenvalue weighted by atomic mass is 10.0. The summed E-state index contributed by atoms with van der Waals surface area (Å²) in [6, 6.07) is 28.2. The highest BCUT2D eigenvalue weighted by Gasteiger charge is 2.24. The van der Waals surface area contributed by atoms with Crippen LogP contribution in [0.1, 0.15) is 27.0 Å². The second kappa shape index (κ2) is 11.8. The van der Waals surface area contributed by atoms with Crippen molar-refractivity contribution in [3.8, 4) is 0 Å². The molecule has 6 heteroatoms. The van der Waals surface area contributed by atoms with E-state index >= 15 is 0 Å². The van der Waals surface area contributed by atoms with Crippen molar-refractivity contribution in [2.24, 2.45) is 0 Å². The Kier molecular flexibility index (Phi) is 7.87. The minimum absolute atomic E-state index is 0.0460. The molecule has 0 atom stereocenters. The Morgan fingerprint density at radius 3 is 2.40 bits per heavy atom. The summed E-state index contributed by atoms with van der Waals surface area (Å²) in [5, 5.41) is 2.24. The van der Waals surface area contributed by atoms with E-state index in [0.29, 0.717) is 22.1 Å². The van der Waals surface area contributed by atoms with Crippen LogP contribution in [0, 0.1) is 6.92 Å². The van der Waals surface area contributed by atoms with Gasteiger partial charge in [0, 0.05) is 18.7 Å². The van der Waals surface area contributed by atoms with Crippen molar-refractivity contribution >= 4 is 33.6 Å². The van der Waals surface area contributed by atoms with Gasteiger partial charge in [-0.05, 0) is 41.5 Å². The molecule has 0 fully saturated rings. The number of carbonyl (C=O) groups is 2. The second-order valence-corrected chi connectivity index (χ2v) is 9.83. The van der Waals surface area contributed by atoms with Crippen LogP contribution >= 0.6 is 0 Å². The summed E-state index contributed by atoms with van der Waals surface area (Å²) in [6.45, 7) is 6.07. The van der Waals surface area contributed by atoms with Gasteiger partial charge in [-0.15, -0.1) is 6.58 Å². The monoisotopic (exact) mass is 530 g/mol. The second-order valence-electron chi connectivity index (χ2n) is 9.83. The zero-order valence-corrected chi connectivity index (χ0v) is 22.4. The number of carbonyl (C=O) groups excluding carboxylic acids is 2. The molecule has 6 nitrogen and oxygen atoms in total. The summed E-state index contributed by atoms with van der Waals surface area (Å²) in [6.07, 6.45) is 3.03. The van der Waals surface area contributed by atoms with Crippen LogP contribution in [-0.2, 0) is 17.9 Å². The molecule has 0 radical (unpaired) electrons. The Labute approximate surface area is 232 Å². The van der Waals surface area contributed by atoms with Crippen molar-refractivity contribution < 1.29 is 14.0 Å². The summed E-state index contributed by atoms with van der Waals surface area (Å²) in [4.78, 5) is 44.0. The number of benzene rings is 4. The molecule has 0 spiro atoms. The minimum Gasteiger partial charge on any atom is -0.464 e. The highest BCUT2D eigenvalue weighted by molar-refractivity contribution is 6.07. The number of aryl methyl sites for hydroxylation is 1. The van der Waals surface area contributed by atoms with E-state index in [1.807, 2.05) is 79.7 Å². The lowest BCUT2D eigenvalue weighted by Crippen LogP contribution is -2.43. The van der Waals surface area contributed by atoms with Crippen LogP contribution in [0.15, 0.2) is 119 Å². The van der Waals surface area contributed by atoms with Crippen molar-refractivity contribution in [2.45, 2.75) is 20.0 Å². The van der Waals surface area contributed by atoms with Gasteiger partial charge in [0.1, 0.15) is 12.1 Å². The van der Waals surface area contributed by atoms with Crippen LogP contribution in [0.3, 0.4) is 0 Å². The largest absolute Gasteiger partial charge is 0.464 e. The highest BCUT2D eigenvalue weighted by atomic mass is 16.3. The van der Waals surface area contributed by atoms with Crippen LogP contribution in [-0.4, -0.2) is 34.7 Å². The van der Waals surface area contributed by atoms with Gasteiger partial charge in [0.15, 0.2) is 5.43 Å². The molecule has 5 aromatic rings. The number of rotatable bonds is 9.